The van der Waals surface area contributed by atoms with Crippen molar-refractivity contribution in [1.29, 1.82) is 0 Å². The number of ether oxygens (including phenoxy) is 2. The van der Waals surface area contributed by atoms with E-state index in [4.69, 9.17) is 14.6 Å². The van der Waals surface area contributed by atoms with Crippen LogP contribution in [0.5, 0.6) is 11.5 Å². The third-order valence-electron chi connectivity index (χ3n) is 11.0. The van der Waals surface area contributed by atoms with Crippen LogP contribution in [0.15, 0.2) is 152 Å². The average Bonchev–Trinajstić information content (AvgIpc) is 3.90. The van der Waals surface area contributed by atoms with E-state index in [1.807, 2.05) is 0 Å². The van der Waals surface area contributed by atoms with E-state index in [0.29, 0.717) is 11.7 Å². The first kappa shape index (κ1) is 29.8. The molecule has 2 aliphatic carbocycles. The van der Waals surface area contributed by atoms with Crippen molar-refractivity contribution in [3.05, 3.63) is 180 Å². The van der Waals surface area contributed by atoms with Crippen LogP contribution < -0.4 is 9.47 Å². The van der Waals surface area contributed by atoms with Crippen molar-refractivity contribution in [2.75, 3.05) is 14.2 Å². The van der Waals surface area contributed by atoms with Crippen molar-refractivity contribution in [3.63, 3.8) is 0 Å². The first-order chi connectivity index (χ1) is 25.2. The molecule has 6 aromatic carbocycles. The molecule has 0 aliphatic heterocycles. The standard InChI is InChI=1S/C47H36N2O2/c1-50-42-28-33-27-41(30-22-23-30)49-46(38(33)29-43(42)51-2)44(45(48-49)31-14-6-3-7-15-31)32-24-25-37-36-20-12-13-21-39(36)47(40(37)26-32,34-16-8-4-9-17-34)35-18-10-5-11-19-35/h3-21,24-30H,22-23H2,1-2H3. The van der Waals surface area contributed by atoms with Crippen LogP contribution in [0.3, 0.4) is 0 Å². The maximum atomic E-state index is 5.89. The highest BCUT2D eigenvalue weighted by molar-refractivity contribution is 6.09. The van der Waals surface area contributed by atoms with Gasteiger partial charge in [-0.3, -0.25) is 0 Å². The zero-order chi connectivity index (χ0) is 34.1. The molecule has 0 atom stereocenters. The van der Waals surface area contributed by atoms with E-state index < -0.39 is 5.41 Å². The van der Waals surface area contributed by atoms with Gasteiger partial charge in [-0.15, -0.1) is 0 Å². The lowest BCUT2D eigenvalue weighted by Crippen LogP contribution is -2.28. The Morgan fingerprint density at radius 3 is 1.86 bits per heavy atom. The highest BCUT2D eigenvalue weighted by atomic mass is 16.5. The topological polar surface area (TPSA) is 35.8 Å². The fraction of sp³-hybridized carbons (Fsp3) is 0.128. The quantitative estimate of drug-likeness (QED) is 0.171. The number of pyridine rings is 1. The van der Waals surface area contributed by atoms with Crippen molar-refractivity contribution in [2.24, 2.45) is 0 Å². The van der Waals surface area contributed by atoms with Gasteiger partial charge in [0.25, 0.3) is 0 Å². The maximum absolute atomic E-state index is 5.89. The number of hydrogen-bond acceptors (Lipinski definition) is 3. The van der Waals surface area contributed by atoms with E-state index in [2.05, 4.69) is 156 Å². The van der Waals surface area contributed by atoms with Crippen LogP contribution in [-0.2, 0) is 5.41 Å². The monoisotopic (exact) mass is 660 g/mol. The van der Waals surface area contributed by atoms with Crippen molar-refractivity contribution in [3.8, 4) is 45.0 Å². The van der Waals surface area contributed by atoms with E-state index in [-0.39, 0.29) is 0 Å². The Labute approximate surface area is 297 Å². The van der Waals surface area contributed by atoms with E-state index in [1.165, 1.54) is 39.1 Å². The lowest BCUT2D eigenvalue weighted by molar-refractivity contribution is 0.356. The molecular formula is C47H36N2O2. The summed E-state index contributed by atoms with van der Waals surface area (Å²) < 4.78 is 13.9. The first-order valence-electron chi connectivity index (χ1n) is 17.7. The molecule has 246 valence electrons. The molecule has 1 saturated carbocycles. The molecule has 0 spiro atoms. The van der Waals surface area contributed by atoms with Gasteiger partial charge in [0, 0.05) is 28.1 Å². The van der Waals surface area contributed by atoms with E-state index in [9.17, 15) is 0 Å². The molecule has 0 amide bonds. The van der Waals surface area contributed by atoms with E-state index in [1.54, 1.807) is 14.2 Å². The molecular weight excluding hydrogens is 625 g/mol. The minimum Gasteiger partial charge on any atom is -0.493 e. The molecule has 0 saturated heterocycles. The fourth-order valence-electron chi connectivity index (χ4n) is 8.63. The Morgan fingerprint density at radius 2 is 1.20 bits per heavy atom. The van der Waals surface area contributed by atoms with Crippen LogP contribution >= 0.6 is 0 Å². The summed E-state index contributed by atoms with van der Waals surface area (Å²) in [5.74, 6) is 1.90. The second kappa shape index (κ2) is 11.5. The summed E-state index contributed by atoms with van der Waals surface area (Å²) in [5.41, 5.74) is 13.8. The number of rotatable bonds is 7. The summed E-state index contributed by atoms with van der Waals surface area (Å²) >= 11 is 0. The molecule has 2 aliphatic rings. The van der Waals surface area contributed by atoms with Gasteiger partial charge in [0.2, 0.25) is 0 Å². The zero-order valence-electron chi connectivity index (χ0n) is 28.6. The minimum atomic E-state index is -0.502. The van der Waals surface area contributed by atoms with Gasteiger partial charge in [-0.05, 0) is 81.4 Å². The molecule has 51 heavy (non-hydrogen) atoms. The van der Waals surface area contributed by atoms with E-state index >= 15 is 0 Å². The maximum Gasteiger partial charge on any atom is 0.161 e. The molecule has 0 bridgehead atoms. The highest BCUT2D eigenvalue weighted by Gasteiger charge is 2.46. The number of aromatic nitrogens is 2. The van der Waals surface area contributed by atoms with Crippen LogP contribution in [0.2, 0.25) is 0 Å². The van der Waals surface area contributed by atoms with Gasteiger partial charge in [0.05, 0.1) is 25.2 Å². The first-order valence-corrected chi connectivity index (χ1v) is 17.7. The number of nitrogens with zero attached hydrogens (tertiary/aromatic N) is 2. The molecule has 2 heterocycles. The van der Waals surface area contributed by atoms with Gasteiger partial charge >= 0.3 is 0 Å². The molecule has 0 N–H and O–H groups in total. The van der Waals surface area contributed by atoms with Gasteiger partial charge in [-0.1, -0.05) is 127 Å². The fourth-order valence-corrected chi connectivity index (χ4v) is 8.63. The summed E-state index contributed by atoms with van der Waals surface area (Å²) in [6, 6.07) is 55.2. The van der Waals surface area contributed by atoms with Gasteiger partial charge in [-0.2, -0.15) is 5.10 Å². The van der Waals surface area contributed by atoms with Gasteiger partial charge in [0.1, 0.15) is 5.69 Å². The molecule has 10 rings (SSSR count). The molecule has 4 nitrogen and oxygen atoms in total. The predicted molar refractivity (Wildman–Crippen MR) is 206 cm³/mol. The Bertz CT molecular complexity index is 2560. The van der Waals surface area contributed by atoms with Crippen molar-refractivity contribution >= 4 is 16.3 Å². The third kappa shape index (κ3) is 4.36. The minimum absolute atomic E-state index is 0.472. The van der Waals surface area contributed by atoms with Crippen molar-refractivity contribution in [1.82, 2.24) is 9.61 Å². The number of hydrogen-bond donors (Lipinski definition) is 0. The van der Waals surface area contributed by atoms with Gasteiger partial charge in [-0.25, -0.2) is 4.52 Å². The lowest BCUT2D eigenvalue weighted by Gasteiger charge is -2.34. The summed E-state index contributed by atoms with van der Waals surface area (Å²) in [6.07, 6.45) is 2.33. The Morgan fingerprint density at radius 1 is 0.588 bits per heavy atom. The van der Waals surface area contributed by atoms with Crippen LogP contribution in [0.1, 0.15) is 46.7 Å². The van der Waals surface area contributed by atoms with Crippen LogP contribution in [0, 0.1) is 0 Å². The molecule has 2 aromatic heterocycles. The highest BCUT2D eigenvalue weighted by Crippen LogP contribution is 2.57. The zero-order valence-corrected chi connectivity index (χ0v) is 28.6. The summed E-state index contributed by atoms with van der Waals surface area (Å²) in [7, 11) is 3.41. The normalized spacial score (nSPS) is 14.4. The average molecular weight is 661 g/mol. The number of methoxy groups -OCH3 is 2. The van der Waals surface area contributed by atoms with E-state index in [0.717, 1.165) is 57.3 Å². The summed E-state index contributed by atoms with van der Waals surface area (Å²) in [5, 5.41) is 7.71. The van der Waals surface area contributed by atoms with Crippen LogP contribution in [-0.4, -0.2) is 23.8 Å². The number of fused-ring (bicyclic) bond motifs is 6. The molecule has 4 heteroatoms. The second-order valence-corrected chi connectivity index (χ2v) is 13.8. The molecule has 1 fully saturated rings. The SMILES string of the molecule is COc1cc2cc(C3CC3)n3nc(-c4ccccc4)c(-c4ccc5c(c4)C(c4ccccc4)(c4ccccc4)c4ccccc4-5)c3c2cc1OC. The van der Waals surface area contributed by atoms with Crippen molar-refractivity contribution in [2.45, 2.75) is 24.2 Å². The largest absolute Gasteiger partial charge is 0.493 e. The molecule has 0 unspecified atom stereocenters. The lowest BCUT2D eigenvalue weighted by atomic mass is 9.67. The van der Waals surface area contributed by atoms with Crippen LogP contribution in [0.25, 0.3) is 49.8 Å². The van der Waals surface area contributed by atoms with Gasteiger partial charge in [0.15, 0.2) is 11.5 Å². The molecule has 0 radical (unpaired) electrons. The Hall–Kier alpha value is -6.13. The molecule has 8 aromatic rings. The second-order valence-electron chi connectivity index (χ2n) is 13.8. The predicted octanol–water partition coefficient (Wildman–Crippen LogP) is 11.1. The van der Waals surface area contributed by atoms with Crippen LogP contribution in [0.4, 0.5) is 0 Å². The smallest absolute Gasteiger partial charge is 0.161 e. The number of benzene rings is 6. The summed E-state index contributed by atoms with van der Waals surface area (Å²) in [4.78, 5) is 0. The summed E-state index contributed by atoms with van der Waals surface area (Å²) in [6.45, 7) is 0. The van der Waals surface area contributed by atoms with Crippen molar-refractivity contribution < 1.29 is 9.47 Å². The Balaban J connectivity index is 1.35. The Kier molecular flexibility index (Phi) is 6.69. The third-order valence-corrected chi connectivity index (χ3v) is 11.0. The van der Waals surface area contributed by atoms with Gasteiger partial charge < -0.3 is 9.47 Å².